The number of nitrogens with zero attached hydrogens (tertiary/aromatic N) is 5. The molecule has 0 spiro atoms. The van der Waals surface area contributed by atoms with Gasteiger partial charge in [-0.25, -0.2) is 19.9 Å². The fourth-order valence-corrected chi connectivity index (χ4v) is 5.54. The molecule has 6 nitrogen and oxygen atoms in total. The Morgan fingerprint density at radius 3 is 1.73 bits per heavy atom. The third-order valence-corrected chi connectivity index (χ3v) is 7.79. The van der Waals surface area contributed by atoms with Gasteiger partial charge in [0, 0.05) is 27.6 Å². The largest absolute Gasteiger partial charge is 0.451 e. The number of hydrogen-bond acceptors (Lipinski definition) is 6. The standard InChI is InChI=1S/C39H23N5O/c40-24-34-37-36(31-16-7-8-17-35(31)45-37)44-38(43-34)28-20-18-25(19-21-28)29-14-9-15-30(22-29)39-41-32(26-10-3-1-4-11-26)23-33(42-39)27-12-5-2-6-13-27/h1-23H. The van der Waals surface area contributed by atoms with Crippen LogP contribution in [-0.4, -0.2) is 19.9 Å². The Morgan fingerprint density at radius 1 is 0.467 bits per heavy atom. The molecule has 0 unspecified atom stereocenters. The molecule has 0 amide bonds. The Kier molecular flexibility index (Phi) is 6.40. The van der Waals surface area contributed by atoms with E-state index >= 15 is 0 Å². The first-order chi connectivity index (χ1) is 22.2. The van der Waals surface area contributed by atoms with Gasteiger partial charge in [0.05, 0.1) is 11.4 Å². The SMILES string of the molecule is N#Cc1nc(-c2ccc(-c3cccc(-c4nc(-c5ccccc5)cc(-c5ccccc5)n4)c3)cc2)nc2c1oc1ccccc12. The molecule has 0 saturated heterocycles. The van der Waals surface area contributed by atoms with Crippen molar-refractivity contribution in [2.75, 3.05) is 0 Å². The Balaban J connectivity index is 1.17. The average molecular weight is 578 g/mol. The van der Waals surface area contributed by atoms with Crippen molar-refractivity contribution in [3.63, 3.8) is 0 Å². The predicted octanol–water partition coefficient (Wildman–Crippen LogP) is 9.37. The van der Waals surface area contributed by atoms with E-state index in [4.69, 9.17) is 19.4 Å². The van der Waals surface area contributed by atoms with Gasteiger partial charge in [-0.3, -0.25) is 0 Å². The van der Waals surface area contributed by atoms with Crippen LogP contribution >= 0.6 is 0 Å². The lowest BCUT2D eigenvalue weighted by Crippen LogP contribution is -1.96. The number of rotatable bonds is 5. The fraction of sp³-hybridized carbons (Fsp3) is 0. The van der Waals surface area contributed by atoms with Gasteiger partial charge in [0.15, 0.2) is 22.9 Å². The quantitative estimate of drug-likeness (QED) is 0.202. The highest BCUT2D eigenvalue weighted by atomic mass is 16.3. The summed E-state index contributed by atoms with van der Waals surface area (Å²) >= 11 is 0. The molecule has 0 atom stereocenters. The lowest BCUT2D eigenvalue weighted by atomic mass is 10.0. The van der Waals surface area contributed by atoms with Crippen LogP contribution in [0.4, 0.5) is 0 Å². The lowest BCUT2D eigenvalue weighted by Gasteiger charge is -2.11. The molecule has 0 saturated carbocycles. The van der Waals surface area contributed by atoms with Crippen molar-refractivity contribution in [2.24, 2.45) is 0 Å². The summed E-state index contributed by atoms with van der Waals surface area (Å²) in [5, 5.41) is 10.7. The van der Waals surface area contributed by atoms with E-state index in [2.05, 4.69) is 47.5 Å². The highest BCUT2D eigenvalue weighted by Crippen LogP contribution is 2.33. The molecule has 45 heavy (non-hydrogen) atoms. The molecule has 0 fully saturated rings. The molecule has 0 aliphatic rings. The minimum Gasteiger partial charge on any atom is -0.451 e. The molecule has 3 heterocycles. The van der Waals surface area contributed by atoms with Crippen molar-refractivity contribution < 1.29 is 4.42 Å². The summed E-state index contributed by atoms with van der Waals surface area (Å²) in [5.41, 5.74) is 9.54. The summed E-state index contributed by atoms with van der Waals surface area (Å²) in [6.45, 7) is 0. The minimum atomic E-state index is 0.218. The van der Waals surface area contributed by atoms with Gasteiger partial charge in [0.25, 0.3) is 0 Å². The first kappa shape index (κ1) is 26.2. The zero-order valence-corrected chi connectivity index (χ0v) is 23.9. The summed E-state index contributed by atoms with van der Waals surface area (Å²) in [7, 11) is 0. The molecule has 8 aromatic rings. The second-order valence-electron chi connectivity index (χ2n) is 10.6. The molecule has 8 rings (SSSR count). The molecular weight excluding hydrogens is 554 g/mol. The molecule has 210 valence electrons. The number of nitriles is 1. The molecule has 5 aromatic carbocycles. The molecule has 6 heteroatoms. The third-order valence-electron chi connectivity index (χ3n) is 7.79. The number of para-hydroxylation sites is 1. The van der Waals surface area contributed by atoms with Crippen LogP contribution in [-0.2, 0) is 0 Å². The Bertz CT molecular complexity index is 2320. The third kappa shape index (κ3) is 4.89. The van der Waals surface area contributed by atoms with E-state index in [1.807, 2.05) is 103 Å². The van der Waals surface area contributed by atoms with Crippen molar-refractivity contribution in [3.8, 4) is 62.5 Å². The van der Waals surface area contributed by atoms with E-state index < -0.39 is 0 Å². The van der Waals surface area contributed by atoms with E-state index in [1.54, 1.807) is 0 Å². The van der Waals surface area contributed by atoms with Gasteiger partial charge in [-0.1, -0.05) is 115 Å². The minimum absolute atomic E-state index is 0.218. The van der Waals surface area contributed by atoms with Crippen molar-refractivity contribution in [2.45, 2.75) is 0 Å². The maximum absolute atomic E-state index is 9.80. The van der Waals surface area contributed by atoms with Crippen LogP contribution in [0.1, 0.15) is 5.69 Å². The van der Waals surface area contributed by atoms with Gasteiger partial charge in [0.2, 0.25) is 0 Å². The summed E-state index contributed by atoms with van der Waals surface area (Å²) in [6.07, 6.45) is 0. The maximum Gasteiger partial charge on any atom is 0.190 e. The van der Waals surface area contributed by atoms with Gasteiger partial charge >= 0.3 is 0 Å². The summed E-state index contributed by atoms with van der Waals surface area (Å²) in [6, 6.07) is 48.5. The van der Waals surface area contributed by atoms with Crippen LogP contribution < -0.4 is 0 Å². The molecule has 0 aliphatic carbocycles. The molecule has 0 bridgehead atoms. The Morgan fingerprint density at radius 2 is 1.04 bits per heavy atom. The Labute approximate surface area is 259 Å². The van der Waals surface area contributed by atoms with Gasteiger partial charge in [-0.15, -0.1) is 0 Å². The lowest BCUT2D eigenvalue weighted by molar-refractivity contribution is 0.664. The summed E-state index contributed by atoms with van der Waals surface area (Å²) < 4.78 is 5.90. The van der Waals surface area contributed by atoms with E-state index in [9.17, 15) is 5.26 Å². The smallest absolute Gasteiger partial charge is 0.190 e. The first-order valence-corrected chi connectivity index (χ1v) is 14.5. The first-order valence-electron chi connectivity index (χ1n) is 14.5. The highest BCUT2D eigenvalue weighted by Gasteiger charge is 2.17. The van der Waals surface area contributed by atoms with Crippen molar-refractivity contribution in [3.05, 3.63) is 145 Å². The van der Waals surface area contributed by atoms with E-state index in [1.165, 1.54) is 0 Å². The van der Waals surface area contributed by atoms with Crippen molar-refractivity contribution in [1.82, 2.24) is 19.9 Å². The number of aromatic nitrogens is 4. The molecule has 3 aromatic heterocycles. The topological polar surface area (TPSA) is 88.5 Å². The van der Waals surface area contributed by atoms with Crippen LogP contribution in [0.5, 0.6) is 0 Å². The predicted molar refractivity (Wildman–Crippen MR) is 177 cm³/mol. The van der Waals surface area contributed by atoms with Gasteiger partial charge in [-0.2, -0.15) is 5.26 Å². The molecule has 0 radical (unpaired) electrons. The zero-order valence-electron chi connectivity index (χ0n) is 23.9. The second-order valence-corrected chi connectivity index (χ2v) is 10.6. The van der Waals surface area contributed by atoms with Crippen LogP contribution in [0.15, 0.2) is 144 Å². The number of fused-ring (bicyclic) bond motifs is 3. The van der Waals surface area contributed by atoms with Crippen LogP contribution in [0.25, 0.3) is 78.5 Å². The highest BCUT2D eigenvalue weighted by molar-refractivity contribution is 6.04. The molecular formula is C39H23N5O. The van der Waals surface area contributed by atoms with Gasteiger partial charge in [0.1, 0.15) is 17.2 Å². The van der Waals surface area contributed by atoms with Crippen LogP contribution in [0.3, 0.4) is 0 Å². The second kappa shape index (κ2) is 11.0. The molecule has 0 N–H and O–H groups in total. The van der Waals surface area contributed by atoms with Crippen molar-refractivity contribution >= 4 is 22.1 Å². The van der Waals surface area contributed by atoms with Crippen molar-refractivity contribution in [1.29, 1.82) is 5.26 Å². The zero-order chi connectivity index (χ0) is 30.2. The Hall–Kier alpha value is -6.45. The fourth-order valence-electron chi connectivity index (χ4n) is 5.54. The molecule has 0 aliphatic heterocycles. The maximum atomic E-state index is 9.80. The number of hydrogen-bond donors (Lipinski definition) is 0. The van der Waals surface area contributed by atoms with E-state index in [0.717, 1.165) is 50.2 Å². The van der Waals surface area contributed by atoms with E-state index in [-0.39, 0.29) is 5.69 Å². The van der Waals surface area contributed by atoms with Crippen LogP contribution in [0, 0.1) is 11.3 Å². The van der Waals surface area contributed by atoms with Gasteiger partial charge < -0.3 is 4.42 Å². The van der Waals surface area contributed by atoms with Crippen LogP contribution in [0.2, 0.25) is 0 Å². The average Bonchev–Trinajstić information content (AvgIpc) is 3.51. The monoisotopic (exact) mass is 577 g/mol. The van der Waals surface area contributed by atoms with E-state index in [0.29, 0.717) is 28.3 Å². The summed E-state index contributed by atoms with van der Waals surface area (Å²) in [5.74, 6) is 1.14. The normalized spacial score (nSPS) is 11.1. The number of furan rings is 1. The number of benzene rings is 5. The van der Waals surface area contributed by atoms with Gasteiger partial charge in [-0.05, 0) is 35.4 Å². The summed E-state index contributed by atoms with van der Waals surface area (Å²) in [4.78, 5) is 19.3.